The quantitative estimate of drug-likeness (QED) is 0.639. The van der Waals surface area contributed by atoms with Crippen molar-refractivity contribution in [2.75, 3.05) is 0 Å². The summed E-state index contributed by atoms with van der Waals surface area (Å²) < 4.78 is 13.8. The maximum absolute atomic E-state index is 13.2. The van der Waals surface area contributed by atoms with Crippen LogP contribution in [0.4, 0.5) is 4.39 Å². The van der Waals surface area contributed by atoms with Crippen LogP contribution in [0.3, 0.4) is 0 Å². The molecule has 0 radical (unpaired) electrons. The van der Waals surface area contributed by atoms with Crippen LogP contribution in [0.2, 0.25) is 0 Å². The Morgan fingerprint density at radius 3 is 2.86 bits per heavy atom. The van der Waals surface area contributed by atoms with Crippen LogP contribution in [0.5, 0.6) is 0 Å². The van der Waals surface area contributed by atoms with Crippen LogP contribution >= 0.6 is 38.9 Å². The van der Waals surface area contributed by atoms with Crippen LogP contribution in [0, 0.1) is 5.82 Å². The van der Waals surface area contributed by atoms with Crippen LogP contribution in [0.25, 0.3) is 21.3 Å². The van der Waals surface area contributed by atoms with Gasteiger partial charge in [-0.05, 0) is 24.6 Å². The highest BCUT2D eigenvalue weighted by atomic mass is 79.9. The lowest BCUT2D eigenvalue weighted by Crippen LogP contribution is -2.11. The molecule has 0 aliphatic rings. The van der Waals surface area contributed by atoms with Gasteiger partial charge >= 0.3 is 0 Å². The van der Waals surface area contributed by atoms with Crippen molar-refractivity contribution in [3.05, 3.63) is 50.0 Å². The van der Waals surface area contributed by atoms with E-state index in [0.29, 0.717) is 20.5 Å². The summed E-state index contributed by atoms with van der Waals surface area (Å²) in [5.41, 5.74) is 1.24. The molecule has 2 aromatic heterocycles. The van der Waals surface area contributed by atoms with Crippen molar-refractivity contribution in [3.8, 4) is 11.1 Å². The molecule has 0 bridgehead atoms. The van der Waals surface area contributed by atoms with Gasteiger partial charge in [0, 0.05) is 15.4 Å². The Bertz CT molecular complexity index is 890. The molecule has 3 nitrogen and oxygen atoms in total. The van der Waals surface area contributed by atoms with E-state index in [0.717, 1.165) is 11.1 Å². The minimum absolute atomic E-state index is 0.241. The van der Waals surface area contributed by atoms with Crippen LogP contribution in [0.1, 0.15) is 18.1 Å². The van der Waals surface area contributed by atoms with E-state index in [1.54, 1.807) is 13.0 Å². The molecule has 21 heavy (non-hydrogen) atoms. The Hall–Kier alpha value is -1.24. The van der Waals surface area contributed by atoms with E-state index in [4.69, 9.17) is 11.6 Å². The molecule has 0 amide bonds. The predicted molar refractivity (Wildman–Crippen MR) is 87.6 cm³/mol. The minimum Gasteiger partial charge on any atom is -0.309 e. The minimum atomic E-state index is -0.370. The Morgan fingerprint density at radius 1 is 1.43 bits per heavy atom. The smallest absolute Gasteiger partial charge is 0.260 e. The van der Waals surface area contributed by atoms with Crippen molar-refractivity contribution in [1.29, 1.82) is 0 Å². The molecule has 108 valence electrons. The molecule has 1 aromatic carbocycles. The average Bonchev–Trinajstić information content (AvgIpc) is 2.83. The summed E-state index contributed by atoms with van der Waals surface area (Å²) in [6.45, 7) is 1.75. The average molecular weight is 388 g/mol. The first-order valence-corrected chi connectivity index (χ1v) is 8.19. The molecule has 1 atom stereocenters. The van der Waals surface area contributed by atoms with Gasteiger partial charge in [0.2, 0.25) is 0 Å². The lowest BCUT2D eigenvalue weighted by Gasteiger charge is -2.05. The van der Waals surface area contributed by atoms with Gasteiger partial charge in [0.25, 0.3) is 5.56 Å². The standard InChI is InChI=1S/C14H9BrClFN2OS/c1-6(16)12-18-13(20)11-9(5-21-14(11)19-12)8-3-2-7(17)4-10(8)15/h2-6H,1H3,(H,18,19,20). The number of fused-ring (bicyclic) bond motifs is 1. The van der Waals surface area contributed by atoms with Gasteiger partial charge in [0.05, 0.1) is 10.8 Å². The van der Waals surface area contributed by atoms with Crippen LogP contribution in [-0.4, -0.2) is 9.97 Å². The summed E-state index contributed by atoms with van der Waals surface area (Å²) in [5.74, 6) is 0.108. The second-order valence-corrected chi connectivity index (χ2v) is 6.89. The zero-order valence-corrected chi connectivity index (χ0v) is 13.9. The molecule has 7 heteroatoms. The lowest BCUT2D eigenvalue weighted by molar-refractivity contribution is 0.627. The normalized spacial score (nSPS) is 12.8. The summed E-state index contributed by atoms with van der Waals surface area (Å²) in [7, 11) is 0. The van der Waals surface area contributed by atoms with Crippen LogP contribution in [0.15, 0.2) is 32.8 Å². The number of rotatable bonds is 2. The Kier molecular flexibility index (Phi) is 3.86. The van der Waals surface area contributed by atoms with Gasteiger partial charge in [-0.3, -0.25) is 4.79 Å². The topological polar surface area (TPSA) is 45.8 Å². The number of nitrogens with zero attached hydrogens (tertiary/aromatic N) is 1. The van der Waals surface area contributed by atoms with Gasteiger partial charge in [-0.2, -0.15) is 0 Å². The molecule has 2 heterocycles. The summed E-state index contributed by atoms with van der Waals surface area (Å²) in [4.78, 5) is 20.0. The van der Waals surface area contributed by atoms with E-state index < -0.39 is 0 Å². The maximum Gasteiger partial charge on any atom is 0.260 e. The van der Waals surface area contributed by atoms with E-state index in [9.17, 15) is 9.18 Å². The van der Waals surface area contributed by atoms with Gasteiger partial charge in [0.1, 0.15) is 16.5 Å². The van der Waals surface area contributed by atoms with E-state index in [1.807, 2.05) is 5.38 Å². The first-order chi connectivity index (χ1) is 9.97. The fraction of sp³-hybridized carbons (Fsp3) is 0.143. The van der Waals surface area contributed by atoms with E-state index in [-0.39, 0.29) is 16.8 Å². The van der Waals surface area contributed by atoms with Crippen molar-refractivity contribution < 1.29 is 4.39 Å². The molecule has 0 saturated heterocycles. The molecule has 0 aliphatic carbocycles. The van der Waals surface area contributed by atoms with E-state index >= 15 is 0 Å². The van der Waals surface area contributed by atoms with Gasteiger partial charge < -0.3 is 4.98 Å². The molecule has 0 spiro atoms. The molecule has 3 rings (SSSR count). The first-order valence-electron chi connectivity index (χ1n) is 6.08. The molecule has 1 unspecified atom stereocenters. The first kappa shape index (κ1) is 14.7. The number of aromatic amines is 1. The predicted octanol–water partition coefficient (Wildman–Crippen LogP) is 4.85. The monoisotopic (exact) mass is 386 g/mol. The Morgan fingerprint density at radius 2 is 2.19 bits per heavy atom. The second kappa shape index (κ2) is 5.51. The highest BCUT2D eigenvalue weighted by Gasteiger charge is 2.16. The number of nitrogens with one attached hydrogen (secondary N) is 1. The largest absolute Gasteiger partial charge is 0.309 e. The molecule has 0 saturated carbocycles. The van der Waals surface area contributed by atoms with Crippen molar-refractivity contribution in [2.45, 2.75) is 12.3 Å². The number of H-pyrrole nitrogens is 1. The van der Waals surface area contributed by atoms with Gasteiger partial charge in [-0.15, -0.1) is 22.9 Å². The zero-order valence-electron chi connectivity index (χ0n) is 10.8. The second-order valence-electron chi connectivity index (χ2n) is 4.52. The maximum atomic E-state index is 13.2. The lowest BCUT2D eigenvalue weighted by atomic mass is 10.1. The fourth-order valence-electron chi connectivity index (χ4n) is 2.06. The number of thiophene rings is 1. The van der Waals surface area contributed by atoms with Crippen LogP contribution < -0.4 is 5.56 Å². The third-order valence-corrected chi connectivity index (χ3v) is 4.80. The molecule has 3 aromatic rings. The van der Waals surface area contributed by atoms with Gasteiger partial charge in [0.15, 0.2) is 0 Å². The molecule has 1 N–H and O–H groups in total. The number of hydrogen-bond donors (Lipinski definition) is 1. The molecule has 0 fully saturated rings. The highest BCUT2D eigenvalue weighted by Crippen LogP contribution is 2.35. The SMILES string of the molecule is CC(Cl)c1nc2scc(-c3ccc(F)cc3Br)c2c(=O)[nH]1. The van der Waals surface area contributed by atoms with Crippen LogP contribution in [-0.2, 0) is 0 Å². The number of halogens is 3. The summed E-state index contributed by atoms with van der Waals surface area (Å²) in [6, 6.07) is 4.37. The van der Waals surface area contributed by atoms with Crippen molar-refractivity contribution >= 4 is 49.1 Å². The molecular weight excluding hydrogens is 379 g/mol. The van der Waals surface area contributed by atoms with Crippen molar-refractivity contribution in [1.82, 2.24) is 9.97 Å². The van der Waals surface area contributed by atoms with Crippen molar-refractivity contribution in [3.63, 3.8) is 0 Å². The number of hydrogen-bond acceptors (Lipinski definition) is 3. The third kappa shape index (κ3) is 2.63. The Balaban J connectivity index is 2.28. The van der Waals surface area contributed by atoms with Gasteiger partial charge in [-0.1, -0.05) is 22.0 Å². The van der Waals surface area contributed by atoms with Crippen molar-refractivity contribution in [2.24, 2.45) is 0 Å². The summed E-state index contributed by atoms with van der Waals surface area (Å²) in [6.07, 6.45) is 0. The number of alkyl halides is 1. The Labute approximate surface area is 136 Å². The van der Waals surface area contributed by atoms with E-state index in [1.165, 1.54) is 23.5 Å². The van der Waals surface area contributed by atoms with Gasteiger partial charge in [-0.25, -0.2) is 9.37 Å². The number of benzene rings is 1. The molecular formula is C14H9BrClFN2OS. The van der Waals surface area contributed by atoms with E-state index in [2.05, 4.69) is 25.9 Å². The zero-order chi connectivity index (χ0) is 15.1. The number of aromatic nitrogens is 2. The summed E-state index contributed by atoms with van der Waals surface area (Å²) >= 11 is 10.7. The molecule has 0 aliphatic heterocycles. The third-order valence-electron chi connectivity index (χ3n) is 3.06. The summed E-state index contributed by atoms with van der Waals surface area (Å²) in [5, 5.41) is 1.96. The highest BCUT2D eigenvalue weighted by molar-refractivity contribution is 9.10. The fourth-order valence-corrected chi connectivity index (χ4v) is 3.67.